The van der Waals surface area contributed by atoms with E-state index in [2.05, 4.69) is 6.92 Å². The van der Waals surface area contributed by atoms with Gasteiger partial charge in [-0.25, -0.2) is 12.1 Å². The summed E-state index contributed by atoms with van der Waals surface area (Å²) in [6.45, 7) is 3.07. The molecule has 38 heavy (non-hydrogen) atoms. The molecule has 3 heteroatoms. The van der Waals surface area contributed by atoms with Crippen molar-refractivity contribution in [1.29, 1.82) is 0 Å². The van der Waals surface area contributed by atoms with E-state index >= 15 is 0 Å². The van der Waals surface area contributed by atoms with Gasteiger partial charge in [0.05, 0.1) is 6.61 Å². The van der Waals surface area contributed by atoms with Gasteiger partial charge in [-0.15, -0.1) is 0 Å². The van der Waals surface area contributed by atoms with Gasteiger partial charge in [-0.3, -0.25) is 0 Å². The number of rotatable bonds is 18. The zero-order chi connectivity index (χ0) is 26.2. The molecule has 1 aliphatic rings. The zero-order valence-corrected chi connectivity index (χ0v) is 24.6. The Morgan fingerprint density at radius 3 is 1.71 bits per heavy atom. The van der Waals surface area contributed by atoms with Crippen molar-refractivity contribution in [3.63, 3.8) is 0 Å². The Bertz CT molecular complexity index is 873. The number of aliphatic hydroxyl groups excluding tert-OH is 1. The van der Waals surface area contributed by atoms with Crippen LogP contribution in [0.4, 0.5) is 0 Å². The first-order chi connectivity index (χ1) is 18.3. The second-order valence-electron chi connectivity index (χ2n) is 9.87. The molecular formula is C35H49FeO2-. The van der Waals surface area contributed by atoms with Crippen molar-refractivity contribution in [3.8, 4) is 5.75 Å². The van der Waals surface area contributed by atoms with Gasteiger partial charge in [-0.1, -0.05) is 133 Å². The first-order valence-corrected chi connectivity index (χ1v) is 14.6. The van der Waals surface area contributed by atoms with Crippen LogP contribution >= 0.6 is 0 Å². The number of allylic oxidation sites excluding steroid dienone is 6. The molecule has 210 valence electrons. The molecule has 0 fully saturated rings. The van der Waals surface area contributed by atoms with Crippen molar-refractivity contribution in [2.75, 3.05) is 6.61 Å². The summed E-state index contributed by atoms with van der Waals surface area (Å²) >= 11 is 0. The third kappa shape index (κ3) is 17.2. The molecule has 0 spiro atoms. The van der Waals surface area contributed by atoms with Crippen molar-refractivity contribution in [3.05, 3.63) is 102 Å². The van der Waals surface area contributed by atoms with Gasteiger partial charge in [0.2, 0.25) is 0 Å². The minimum atomic E-state index is 0. The number of ether oxygens (including phenoxy) is 1. The van der Waals surface area contributed by atoms with Crippen LogP contribution in [0.5, 0.6) is 5.75 Å². The second kappa shape index (κ2) is 23.7. The molecule has 2 aromatic carbocycles. The molecule has 1 aliphatic carbocycles. The van der Waals surface area contributed by atoms with Gasteiger partial charge in [-0.05, 0) is 30.2 Å². The molecule has 0 aliphatic heterocycles. The van der Waals surface area contributed by atoms with Gasteiger partial charge < -0.3 is 9.84 Å². The minimum absolute atomic E-state index is 0. The summed E-state index contributed by atoms with van der Waals surface area (Å²) in [6.07, 6.45) is 30.5. The van der Waals surface area contributed by atoms with Crippen LogP contribution in [0, 0.1) is 0 Å². The molecule has 0 atom stereocenters. The largest absolute Gasteiger partial charge is 0.507 e. The van der Waals surface area contributed by atoms with E-state index in [0.717, 1.165) is 29.9 Å². The molecule has 0 amide bonds. The van der Waals surface area contributed by atoms with Gasteiger partial charge in [0.15, 0.2) is 0 Å². The quantitative estimate of drug-likeness (QED) is 0.0855. The molecule has 0 saturated heterocycles. The molecule has 0 bridgehead atoms. The fourth-order valence-corrected chi connectivity index (χ4v) is 4.30. The minimum Gasteiger partial charge on any atom is -0.507 e. The maximum atomic E-state index is 10.0. The van der Waals surface area contributed by atoms with Gasteiger partial charge in [0.1, 0.15) is 11.5 Å². The van der Waals surface area contributed by atoms with Gasteiger partial charge in [0.25, 0.3) is 0 Å². The molecule has 3 rings (SSSR count). The molecule has 1 N–H and O–H groups in total. The van der Waals surface area contributed by atoms with E-state index in [-0.39, 0.29) is 22.8 Å². The van der Waals surface area contributed by atoms with Crippen LogP contribution in [-0.2, 0) is 17.1 Å². The van der Waals surface area contributed by atoms with Crippen LogP contribution in [0.2, 0.25) is 0 Å². The molecule has 2 aromatic rings. The average Bonchev–Trinajstić information content (AvgIpc) is 3.68. The fraction of sp³-hybridized carbons (Fsp3) is 0.457. The third-order valence-corrected chi connectivity index (χ3v) is 6.59. The van der Waals surface area contributed by atoms with E-state index < -0.39 is 0 Å². The first-order valence-electron chi connectivity index (χ1n) is 14.6. The van der Waals surface area contributed by atoms with Crippen LogP contribution in [0.1, 0.15) is 102 Å². The van der Waals surface area contributed by atoms with E-state index in [0.29, 0.717) is 0 Å². The number of hydrogen-bond acceptors (Lipinski definition) is 2. The summed E-state index contributed by atoms with van der Waals surface area (Å²) in [5.74, 6) is 1.20. The molecule has 0 heterocycles. The Balaban J connectivity index is 0.00000107. The fourth-order valence-electron chi connectivity index (χ4n) is 4.30. The Morgan fingerprint density at radius 2 is 1.24 bits per heavy atom. The van der Waals surface area contributed by atoms with E-state index in [4.69, 9.17) is 4.74 Å². The van der Waals surface area contributed by atoms with Crippen molar-refractivity contribution in [1.82, 2.24) is 0 Å². The Kier molecular flexibility index (Phi) is 21.0. The normalized spacial score (nSPS) is 11.9. The molecule has 0 saturated carbocycles. The predicted octanol–water partition coefficient (Wildman–Crippen LogP) is 10.9. The number of hydrogen-bond donors (Lipinski definition) is 1. The van der Waals surface area contributed by atoms with Gasteiger partial charge in [-0.2, -0.15) is 18.2 Å². The van der Waals surface area contributed by atoms with E-state index in [1.807, 2.05) is 85.0 Å². The predicted molar refractivity (Wildman–Crippen MR) is 161 cm³/mol. The van der Waals surface area contributed by atoms with Crippen molar-refractivity contribution < 1.29 is 26.9 Å². The molecule has 0 unspecified atom stereocenters. The van der Waals surface area contributed by atoms with E-state index in [1.54, 1.807) is 6.08 Å². The molecule has 2 nitrogen and oxygen atoms in total. The standard InChI is InChI=1S/C30H44O2.C5H5.Fe/c1-2-3-4-5-6-7-8-9-10-11-12-13-14-17-26-32-29-23-20-27(21-24-29)22-25-30(31)28-18-15-16-19-28;1-2-4-5-3-1;/h15-16,18-25,31H,2-14,17,26H2,1H3;1-5H;/q;-1;. The summed E-state index contributed by atoms with van der Waals surface area (Å²) in [5, 5.41) is 10.0. The van der Waals surface area contributed by atoms with Crippen LogP contribution in [0.15, 0.2) is 96.3 Å². The maximum Gasteiger partial charge on any atom is 0.122 e. The van der Waals surface area contributed by atoms with Crippen molar-refractivity contribution >= 4 is 6.08 Å². The summed E-state index contributed by atoms with van der Waals surface area (Å²) in [5.41, 5.74) is 1.89. The molecule has 0 radical (unpaired) electrons. The van der Waals surface area contributed by atoms with Gasteiger partial charge in [0, 0.05) is 22.6 Å². The Morgan fingerprint density at radius 1 is 0.737 bits per heavy atom. The Hall–Kier alpha value is -2.35. The third-order valence-electron chi connectivity index (χ3n) is 6.59. The summed E-state index contributed by atoms with van der Waals surface area (Å²) in [6, 6.07) is 18.1. The van der Waals surface area contributed by atoms with Gasteiger partial charge >= 0.3 is 0 Å². The number of unbranched alkanes of at least 4 members (excludes halogenated alkanes) is 13. The summed E-state index contributed by atoms with van der Waals surface area (Å²) in [7, 11) is 0. The van der Waals surface area contributed by atoms with Crippen molar-refractivity contribution in [2.24, 2.45) is 0 Å². The smallest absolute Gasteiger partial charge is 0.122 e. The monoisotopic (exact) mass is 557 g/mol. The maximum absolute atomic E-state index is 10.0. The topological polar surface area (TPSA) is 29.5 Å². The molecule has 0 aromatic heterocycles. The van der Waals surface area contributed by atoms with Crippen LogP contribution in [-0.4, -0.2) is 11.7 Å². The SMILES string of the molecule is CCCCCCCCCCCCCCCCOc1ccc(C=CC(O)=C2C=CC=C2)cc1.[Fe].c1cc[cH-]c1. The number of benzene rings is 1. The van der Waals surface area contributed by atoms with Crippen molar-refractivity contribution in [2.45, 2.75) is 96.8 Å². The van der Waals surface area contributed by atoms with Crippen LogP contribution in [0.3, 0.4) is 0 Å². The molecular weight excluding hydrogens is 508 g/mol. The first kappa shape index (κ1) is 33.7. The van der Waals surface area contributed by atoms with E-state index in [9.17, 15) is 5.11 Å². The summed E-state index contributed by atoms with van der Waals surface area (Å²) < 4.78 is 5.87. The van der Waals surface area contributed by atoms with Crippen LogP contribution < -0.4 is 4.74 Å². The number of aliphatic hydroxyl groups is 1. The zero-order valence-electron chi connectivity index (χ0n) is 23.5. The second-order valence-corrected chi connectivity index (χ2v) is 9.87. The van der Waals surface area contributed by atoms with E-state index in [1.165, 1.54) is 83.5 Å². The van der Waals surface area contributed by atoms with Crippen LogP contribution in [0.25, 0.3) is 6.08 Å². The Labute approximate surface area is 243 Å². The summed E-state index contributed by atoms with van der Waals surface area (Å²) in [4.78, 5) is 0. The average molecular weight is 558 g/mol.